The summed E-state index contributed by atoms with van der Waals surface area (Å²) in [6, 6.07) is 1.88. The molecular formula is C10H17ClN2O2. The average molecular weight is 233 g/mol. The normalized spacial score (nSPS) is 10.8. The predicted molar refractivity (Wildman–Crippen MR) is 60.6 cm³/mol. The van der Waals surface area contributed by atoms with Crippen molar-refractivity contribution in [3.05, 3.63) is 24.2 Å². The molecule has 0 atom stereocenters. The van der Waals surface area contributed by atoms with Gasteiger partial charge in [-0.1, -0.05) is 0 Å². The summed E-state index contributed by atoms with van der Waals surface area (Å²) in [7, 11) is 0. The van der Waals surface area contributed by atoms with E-state index in [9.17, 15) is 4.79 Å². The standard InChI is InChI=1S/C10H16N2O2.ClH/c1-10(2,9(11)13)7-12-5-8-3-4-14-6-8;/h3-4,6,12H,5,7H2,1-2H3,(H2,11,13);1H. The van der Waals surface area contributed by atoms with Crippen molar-refractivity contribution in [2.24, 2.45) is 11.1 Å². The van der Waals surface area contributed by atoms with Crippen LogP contribution in [0.3, 0.4) is 0 Å². The second kappa shape index (κ2) is 5.78. The van der Waals surface area contributed by atoms with Gasteiger partial charge in [0.05, 0.1) is 17.9 Å². The topological polar surface area (TPSA) is 68.3 Å². The van der Waals surface area contributed by atoms with Crippen molar-refractivity contribution >= 4 is 18.3 Å². The minimum atomic E-state index is -0.510. The summed E-state index contributed by atoms with van der Waals surface area (Å²) in [5.41, 5.74) is 5.78. The number of carbonyl (C=O) groups is 1. The SMILES string of the molecule is CC(C)(CNCc1ccoc1)C(N)=O.Cl. The number of amides is 1. The molecule has 3 N–H and O–H groups in total. The van der Waals surface area contributed by atoms with E-state index in [1.54, 1.807) is 12.5 Å². The van der Waals surface area contributed by atoms with Crippen molar-refractivity contribution < 1.29 is 9.21 Å². The summed E-state index contributed by atoms with van der Waals surface area (Å²) >= 11 is 0. The van der Waals surface area contributed by atoms with E-state index >= 15 is 0 Å². The number of nitrogens with two attached hydrogens (primary N) is 1. The van der Waals surface area contributed by atoms with Crippen LogP contribution in [-0.4, -0.2) is 12.5 Å². The number of nitrogens with one attached hydrogen (secondary N) is 1. The lowest BCUT2D eigenvalue weighted by atomic mass is 9.93. The van der Waals surface area contributed by atoms with Crippen LogP contribution in [0.5, 0.6) is 0 Å². The molecule has 0 aliphatic carbocycles. The van der Waals surface area contributed by atoms with Crippen LogP contribution in [0.4, 0.5) is 0 Å². The molecule has 0 aliphatic heterocycles. The van der Waals surface area contributed by atoms with Crippen LogP contribution >= 0.6 is 12.4 Å². The van der Waals surface area contributed by atoms with E-state index in [2.05, 4.69) is 5.32 Å². The molecule has 0 unspecified atom stereocenters. The molecule has 0 aliphatic rings. The number of furan rings is 1. The molecule has 1 aromatic rings. The van der Waals surface area contributed by atoms with Crippen LogP contribution in [0.25, 0.3) is 0 Å². The maximum Gasteiger partial charge on any atom is 0.224 e. The molecule has 15 heavy (non-hydrogen) atoms. The second-order valence-electron chi connectivity index (χ2n) is 3.98. The third kappa shape index (κ3) is 4.36. The van der Waals surface area contributed by atoms with E-state index in [0.29, 0.717) is 13.1 Å². The number of primary amides is 1. The van der Waals surface area contributed by atoms with Gasteiger partial charge in [0, 0.05) is 18.7 Å². The Labute approximate surface area is 95.6 Å². The summed E-state index contributed by atoms with van der Waals surface area (Å²) < 4.78 is 4.91. The first-order valence-electron chi connectivity index (χ1n) is 4.54. The summed E-state index contributed by atoms with van der Waals surface area (Å²) in [5.74, 6) is -0.294. The Kier molecular flexibility index (Phi) is 5.39. The van der Waals surface area contributed by atoms with Gasteiger partial charge in [-0.05, 0) is 19.9 Å². The molecule has 1 heterocycles. The summed E-state index contributed by atoms with van der Waals surface area (Å²) in [6.45, 7) is 4.89. The molecule has 0 aromatic carbocycles. The van der Waals surface area contributed by atoms with Gasteiger partial charge in [-0.25, -0.2) is 0 Å². The minimum absolute atomic E-state index is 0. The zero-order valence-corrected chi connectivity index (χ0v) is 9.76. The smallest absolute Gasteiger partial charge is 0.224 e. The van der Waals surface area contributed by atoms with Gasteiger partial charge in [-0.2, -0.15) is 0 Å². The molecule has 4 nitrogen and oxygen atoms in total. The average Bonchev–Trinajstić information content (AvgIpc) is 2.56. The molecule has 0 saturated heterocycles. The van der Waals surface area contributed by atoms with Crippen LogP contribution in [0, 0.1) is 5.41 Å². The quantitative estimate of drug-likeness (QED) is 0.804. The Morgan fingerprint density at radius 2 is 2.27 bits per heavy atom. The first kappa shape index (κ1) is 14.0. The largest absolute Gasteiger partial charge is 0.472 e. The van der Waals surface area contributed by atoms with Gasteiger partial charge >= 0.3 is 0 Å². The fourth-order valence-electron chi connectivity index (χ4n) is 1.000. The van der Waals surface area contributed by atoms with Crippen LogP contribution in [0.1, 0.15) is 19.4 Å². The van der Waals surface area contributed by atoms with Crippen molar-refractivity contribution in [1.29, 1.82) is 0 Å². The van der Waals surface area contributed by atoms with E-state index < -0.39 is 5.41 Å². The van der Waals surface area contributed by atoms with E-state index in [-0.39, 0.29) is 18.3 Å². The van der Waals surface area contributed by atoms with E-state index in [1.165, 1.54) is 0 Å². The highest BCUT2D eigenvalue weighted by atomic mass is 35.5. The number of carbonyl (C=O) groups excluding carboxylic acids is 1. The van der Waals surface area contributed by atoms with Gasteiger partial charge in [0.2, 0.25) is 5.91 Å². The molecule has 86 valence electrons. The molecule has 0 fully saturated rings. The monoisotopic (exact) mass is 232 g/mol. The maximum atomic E-state index is 11.0. The molecule has 0 saturated carbocycles. The molecule has 0 radical (unpaired) electrons. The van der Waals surface area contributed by atoms with Crippen LogP contribution < -0.4 is 11.1 Å². The van der Waals surface area contributed by atoms with Crippen LogP contribution in [-0.2, 0) is 11.3 Å². The van der Waals surface area contributed by atoms with Gasteiger partial charge in [0.1, 0.15) is 0 Å². The van der Waals surface area contributed by atoms with Crippen LogP contribution in [0.2, 0.25) is 0 Å². The van der Waals surface area contributed by atoms with Crippen molar-refractivity contribution in [2.45, 2.75) is 20.4 Å². The molecule has 1 aromatic heterocycles. The molecule has 1 rings (SSSR count). The summed E-state index contributed by atoms with van der Waals surface area (Å²) in [6.07, 6.45) is 3.29. The number of hydrogen-bond acceptors (Lipinski definition) is 3. The zero-order chi connectivity index (χ0) is 10.6. The lowest BCUT2D eigenvalue weighted by Gasteiger charge is -2.20. The van der Waals surface area contributed by atoms with Crippen molar-refractivity contribution in [3.63, 3.8) is 0 Å². The van der Waals surface area contributed by atoms with Crippen LogP contribution in [0.15, 0.2) is 23.0 Å². The van der Waals surface area contributed by atoms with E-state index in [1.807, 2.05) is 19.9 Å². The fraction of sp³-hybridized carbons (Fsp3) is 0.500. The first-order valence-corrected chi connectivity index (χ1v) is 4.54. The highest BCUT2D eigenvalue weighted by molar-refractivity contribution is 5.85. The van der Waals surface area contributed by atoms with E-state index in [0.717, 1.165) is 5.56 Å². The lowest BCUT2D eigenvalue weighted by Crippen LogP contribution is -2.40. The van der Waals surface area contributed by atoms with Gasteiger partial charge in [-0.15, -0.1) is 12.4 Å². The van der Waals surface area contributed by atoms with Gasteiger partial charge in [0.15, 0.2) is 0 Å². The zero-order valence-electron chi connectivity index (χ0n) is 8.95. The van der Waals surface area contributed by atoms with E-state index in [4.69, 9.17) is 10.2 Å². The second-order valence-corrected chi connectivity index (χ2v) is 3.98. The van der Waals surface area contributed by atoms with Gasteiger partial charge in [0.25, 0.3) is 0 Å². The Hall–Kier alpha value is -1.00. The number of rotatable bonds is 5. The highest BCUT2D eigenvalue weighted by Gasteiger charge is 2.23. The van der Waals surface area contributed by atoms with Crippen molar-refractivity contribution in [2.75, 3.05) is 6.54 Å². The Morgan fingerprint density at radius 3 is 2.73 bits per heavy atom. The number of hydrogen-bond donors (Lipinski definition) is 2. The van der Waals surface area contributed by atoms with Gasteiger partial charge < -0.3 is 15.5 Å². The molecule has 5 heteroatoms. The molecule has 1 amide bonds. The third-order valence-electron chi connectivity index (χ3n) is 2.14. The highest BCUT2D eigenvalue weighted by Crippen LogP contribution is 2.12. The number of halogens is 1. The molecule has 0 spiro atoms. The summed E-state index contributed by atoms with van der Waals surface area (Å²) in [4.78, 5) is 11.0. The third-order valence-corrected chi connectivity index (χ3v) is 2.14. The molecule has 0 bridgehead atoms. The fourth-order valence-corrected chi connectivity index (χ4v) is 1.000. The Balaban J connectivity index is 0.00000196. The Morgan fingerprint density at radius 1 is 1.60 bits per heavy atom. The molecular weight excluding hydrogens is 216 g/mol. The lowest BCUT2D eigenvalue weighted by molar-refractivity contribution is -0.125. The van der Waals surface area contributed by atoms with Crippen molar-refractivity contribution in [1.82, 2.24) is 5.32 Å². The van der Waals surface area contributed by atoms with Gasteiger partial charge in [-0.3, -0.25) is 4.79 Å². The maximum absolute atomic E-state index is 11.0. The van der Waals surface area contributed by atoms with Crippen molar-refractivity contribution in [3.8, 4) is 0 Å². The Bertz CT molecular complexity index is 296. The summed E-state index contributed by atoms with van der Waals surface area (Å²) in [5, 5.41) is 3.15. The minimum Gasteiger partial charge on any atom is -0.472 e. The predicted octanol–water partition coefficient (Wildman–Crippen LogP) is 1.30. The first-order chi connectivity index (χ1) is 6.52.